The first kappa shape index (κ1) is 19.4. The summed E-state index contributed by atoms with van der Waals surface area (Å²) in [5, 5.41) is 0.212. The molecule has 2 aromatic rings. The zero-order valence-electron chi connectivity index (χ0n) is 16.0. The lowest BCUT2D eigenvalue weighted by Crippen LogP contribution is -2.40. The minimum absolute atomic E-state index is 0.212. The van der Waals surface area contributed by atoms with Gasteiger partial charge < -0.3 is 4.43 Å². The predicted octanol–water partition coefficient (Wildman–Crippen LogP) is 6.62. The Morgan fingerprint density at radius 2 is 1.60 bits per heavy atom. The molecule has 0 saturated carbocycles. The summed E-state index contributed by atoms with van der Waals surface area (Å²) in [6, 6.07) is 18.4. The fourth-order valence-electron chi connectivity index (χ4n) is 2.08. The summed E-state index contributed by atoms with van der Waals surface area (Å²) in [4.78, 5) is 4.61. The average Bonchev–Trinajstić information content (AvgIpc) is 2.58. The number of hydrogen-bond acceptors (Lipinski definition) is 2. The third-order valence-corrected chi connectivity index (χ3v) is 9.25. The van der Waals surface area contributed by atoms with Crippen molar-refractivity contribution in [2.75, 3.05) is 0 Å². The molecule has 0 amide bonds. The van der Waals surface area contributed by atoms with Crippen LogP contribution in [-0.4, -0.2) is 14.5 Å². The van der Waals surface area contributed by atoms with Gasteiger partial charge in [0.25, 0.3) is 0 Å². The van der Waals surface area contributed by atoms with E-state index in [2.05, 4.69) is 63.1 Å². The van der Waals surface area contributed by atoms with Crippen LogP contribution in [0, 0.1) is 0 Å². The van der Waals surface area contributed by atoms with Crippen LogP contribution >= 0.6 is 0 Å². The molecular formula is C22H29NOSi. The third kappa shape index (κ3) is 5.80. The van der Waals surface area contributed by atoms with E-state index < -0.39 is 8.32 Å². The smallest absolute Gasteiger partial charge is 0.192 e. The summed E-state index contributed by atoms with van der Waals surface area (Å²) < 4.78 is 6.34. The highest BCUT2D eigenvalue weighted by Crippen LogP contribution is 2.37. The zero-order valence-corrected chi connectivity index (χ0v) is 17.0. The molecule has 132 valence electrons. The van der Waals surface area contributed by atoms with Crippen LogP contribution in [0.25, 0.3) is 6.08 Å². The van der Waals surface area contributed by atoms with Crippen molar-refractivity contribution in [3.63, 3.8) is 0 Å². The van der Waals surface area contributed by atoms with Gasteiger partial charge in [0, 0.05) is 11.8 Å². The van der Waals surface area contributed by atoms with Crippen LogP contribution in [-0.2, 0) is 11.0 Å². The van der Waals surface area contributed by atoms with Gasteiger partial charge in [0.05, 0.1) is 12.3 Å². The fraction of sp³-hybridized carbons (Fsp3) is 0.318. The van der Waals surface area contributed by atoms with E-state index in [4.69, 9.17) is 4.43 Å². The van der Waals surface area contributed by atoms with E-state index in [0.717, 1.165) is 11.3 Å². The van der Waals surface area contributed by atoms with Gasteiger partial charge in [-0.2, -0.15) is 0 Å². The second-order valence-electron chi connectivity index (χ2n) is 7.73. The van der Waals surface area contributed by atoms with Crippen molar-refractivity contribution >= 4 is 26.3 Å². The fourth-order valence-corrected chi connectivity index (χ4v) is 3.02. The molecule has 2 aromatic carbocycles. The van der Waals surface area contributed by atoms with E-state index in [1.807, 2.05) is 48.7 Å². The molecule has 0 bridgehead atoms. The number of hydrogen-bond donors (Lipinski definition) is 0. The van der Waals surface area contributed by atoms with Gasteiger partial charge in [-0.1, -0.05) is 75.4 Å². The van der Waals surface area contributed by atoms with Gasteiger partial charge in [-0.05, 0) is 35.8 Å². The quantitative estimate of drug-likeness (QED) is 0.423. The van der Waals surface area contributed by atoms with Crippen molar-refractivity contribution in [3.05, 3.63) is 71.8 Å². The number of nitrogens with zero attached hydrogens (tertiary/aromatic N) is 1. The van der Waals surface area contributed by atoms with Crippen molar-refractivity contribution in [3.8, 4) is 0 Å². The summed E-state index contributed by atoms with van der Waals surface area (Å²) in [7, 11) is -1.76. The molecular weight excluding hydrogens is 322 g/mol. The molecule has 2 nitrogen and oxygen atoms in total. The van der Waals surface area contributed by atoms with Gasteiger partial charge >= 0.3 is 0 Å². The minimum Gasteiger partial charge on any atom is -0.412 e. The normalized spacial score (nSPS) is 13.0. The number of para-hydroxylation sites is 1. The van der Waals surface area contributed by atoms with Crippen molar-refractivity contribution in [2.24, 2.45) is 4.99 Å². The molecule has 0 heterocycles. The summed E-state index contributed by atoms with van der Waals surface area (Å²) in [6.07, 6.45) is 5.87. The molecule has 0 N–H and O–H groups in total. The van der Waals surface area contributed by atoms with Gasteiger partial charge in [-0.3, -0.25) is 4.99 Å². The Hall–Kier alpha value is -1.97. The monoisotopic (exact) mass is 351 g/mol. The molecule has 0 aliphatic heterocycles. The minimum atomic E-state index is -1.76. The highest BCUT2D eigenvalue weighted by atomic mass is 28.4. The highest BCUT2D eigenvalue weighted by Gasteiger charge is 2.37. The lowest BCUT2D eigenvalue weighted by atomic mass is 10.2. The first-order valence-corrected chi connectivity index (χ1v) is 11.7. The number of rotatable bonds is 6. The molecule has 0 spiro atoms. The Morgan fingerprint density at radius 1 is 0.960 bits per heavy atom. The molecule has 0 aromatic heterocycles. The Bertz CT molecular complexity index is 727. The summed E-state index contributed by atoms with van der Waals surface area (Å²) >= 11 is 0. The molecule has 2 rings (SSSR count). The Balaban J connectivity index is 2.05. The topological polar surface area (TPSA) is 21.6 Å². The van der Waals surface area contributed by atoms with E-state index in [-0.39, 0.29) is 5.04 Å². The van der Waals surface area contributed by atoms with Gasteiger partial charge in [0.1, 0.15) is 0 Å². The molecule has 0 aliphatic rings. The van der Waals surface area contributed by atoms with E-state index in [1.165, 1.54) is 5.56 Å². The summed E-state index contributed by atoms with van der Waals surface area (Å²) in [5.41, 5.74) is 3.28. The summed E-state index contributed by atoms with van der Waals surface area (Å²) in [6.45, 7) is 12.0. The maximum Gasteiger partial charge on any atom is 0.192 e. The van der Waals surface area contributed by atoms with Gasteiger partial charge in [-0.25, -0.2) is 0 Å². The second-order valence-corrected chi connectivity index (χ2v) is 12.5. The van der Waals surface area contributed by atoms with Crippen molar-refractivity contribution in [1.82, 2.24) is 0 Å². The Morgan fingerprint density at radius 3 is 2.28 bits per heavy atom. The van der Waals surface area contributed by atoms with Crippen LogP contribution < -0.4 is 0 Å². The lowest BCUT2D eigenvalue weighted by Gasteiger charge is -2.36. The van der Waals surface area contributed by atoms with Crippen LogP contribution in [0.5, 0.6) is 0 Å². The first-order chi connectivity index (χ1) is 11.8. The SMILES string of the molecule is CC(C)(C)[Si](C)(C)OCc1ccccc1N=C/C=C/c1ccccc1. The first-order valence-electron chi connectivity index (χ1n) is 8.77. The van der Waals surface area contributed by atoms with E-state index in [1.54, 1.807) is 0 Å². The van der Waals surface area contributed by atoms with E-state index in [9.17, 15) is 0 Å². The molecule has 0 radical (unpaired) electrons. The van der Waals surface area contributed by atoms with Gasteiger partial charge in [0.15, 0.2) is 8.32 Å². The zero-order chi connectivity index (χ0) is 18.3. The molecule has 0 fully saturated rings. The van der Waals surface area contributed by atoms with E-state index >= 15 is 0 Å². The number of benzene rings is 2. The van der Waals surface area contributed by atoms with Crippen LogP contribution in [0.4, 0.5) is 5.69 Å². The average molecular weight is 352 g/mol. The summed E-state index contributed by atoms with van der Waals surface area (Å²) in [5.74, 6) is 0. The predicted molar refractivity (Wildman–Crippen MR) is 112 cm³/mol. The highest BCUT2D eigenvalue weighted by molar-refractivity contribution is 6.74. The van der Waals surface area contributed by atoms with Crippen LogP contribution in [0.1, 0.15) is 31.9 Å². The van der Waals surface area contributed by atoms with Gasteiger partial charge in [-0.15, -0.1) is 0 Å². The van der Waals surface area contributed by atoms with Crippen LogP contribution in [0.15, 0.2) is 65.7 Å². The largest absolute Gasteiger partial charge is 0.412 e. The van der Waals surface area contributed by atoms with Crippen LogP contribution in [0.2, 0.25) is 18.1 Å². The molecule has 0 atom stereocenters. The lowest BCUT2D eigenvalue weighted by molar-refractivity contribution is 0.277. The molecule has 0 aliphatic carbocycles. The van der Waals surface area contributed by atoms with E-state index in [0.29, 0.717) is 6.61 Å². The third-order valence-electron chi connectivity index (χ3n) is 4.77. The standard InChI is InChI=1S/C22H29NOSi/c1-22(2,3)25(4,5)24-18-20-15-9-10-16-21(20)23-17-11-14-19-12-7-6-8-13-19/h6-17H,18H2,1-5H3/b14-11+,23-17?. The molecule has 25 heavy (non-hydrogen) atoms. The second kappa shape index (κ2) is 8.41. The molecule has 0 unspecified atom stereocenters. The van der Waals surface area contributed by atoms with Crippen LogP contribution in [0.3, 0.4) is 0 Å². The molecule has 0 saturated heterocycles. The van der Waals surface area contributed by atoms with Gasteiger partial charge in [0.2, 0.25) is 0 Å². The Kier molecular flexibility index (Phi) is 6.51. The molecule has 3 heteroatoms. The number of aliphatic imine (C=N–C) groups is 1. The maximum atomic E-state index is 6.34. The van der Waals surface area contributed by atoms with Crippen molar-refractivity contribution in [2.45, 2.75) is 45.5 Å². The van der Waals surface area contributed by atoms with Crippen molar-refractivity contribution in [1.29, 1.82) is 0 Å². The maximum absolute atomic E-state index is 6.34. The number of allylic oxidation sites excluding steroid dienone is 1. The Labute approximate surface area is 153 Å². The van der Waals surface area contributed by atoms with Crippen molar-refractivity contribution < 1.29 is 4.43 Å².